The van der Waals surface area contributed by atoms with Crippen LogP contribution in [0, 0.1) is 10.7 Å². The molecule has 23 heavy (non-hydrogen) atoms. The number of nitrogens with zero attached hydrogens (tertiary/aromatic N) is 1. The molecule has 0 heterocycles. The number of thiocyanates is 1. The van der Waals surface area contributed by atoms with E-state index in [1.54, 1.807) is 0 Å². The van der Waals surface area contributed by atoms with Crippen molar-refractivity contribution < 1.29 is 0 Å². The van der Waals surface area contributed by atoms with Crippen LogP contribution in [-0.4, -0.2) is 0 Å². The molecule has 0 N–H and O–H groups in total. The van der Waals surface area contributed by atoms with E-state index in [0.717, 1.165) is 27.2 Å². The van der Waals surface area contributed by atoms with Crippen molar-refractivity contribution in [1.29, 1.82) is 5.26 Å². The first-order valence-corrected chi connectivity index (χ1v) is 8.18. The molecule has 0 aliphatic carbocycles. The summed E-state index contributed by atoms with van der Waals surface area (Å²) in [5.41, 5.74) is 4.37. The summed E-state index contributed by atoms with van der Waals surface area (Å²) in [6.07, 6.45) is 0. The van der Waals surface area contributed by atoms with Crippen molar-refractivity contribution in [3.63, 3.8) is 0 Å². The van der Waals surface area contributed by atoms with Gasteiger partial charge in [-0.3, -0.25) is 0 Å². The van der Waals surface area contributed by atoms with E-state index in [-0.39, 0.29) is 0 Å². The maximum absolute atomic E-state index is 9.32. The fraction of sp³-hybridized carbons (Fsp3) is 0. The maximum atomic E-state index is 9.32. The minimum atomic E-state index is 0.977. The molecule has 0 atom stereocenters. The lowest BCUT2D eigenvalue weighted by molar-refractivity contribution is 1.54. The zero-order valence-corrected chi connectivity index (χ0v) is 13.3. The van der Waals surface area contributed by atoms with Crippen LogP contribution in [0.15, 0.2) is 91.0 Å². The highest BCUT2D eigenvalue weighted by Gasteiger charge is 2.14. The topological polar surface area (TPSA) is 23.8 Å². The second-order valence-corrected chi connectivity index (χ2v) is 5.79. The van der Waals surface area contributed by atoms with E-state index < -0.39 is 0 Å². The molecular weight excluding hydrogens is 298 g/mol. The predicted octanol–water partition coefficient (Wildman–Crippen LogP) is 5.82. The SMILES string of the molecule is N#CSC(=C(c1ccccc1)c1ccccc1)c1ccccc1. The van der Waals surface area contributed by atoms with Gasteiger partial charge in [0.2, 0.25) is 0 Å². The van der Waals surface area contributed by atoms with E-state index >= 15 is 0 Å². The van der Waals surface area contributed by atoms with Crippen LogP contribution in [0.4, 0.5) is 0 Å². The van der Waals surface area contributed by atoms with Gasteiger partial charge in [-0.1, -0.05) is 91.0 Å². The van der Waals surface area contributed by atoms with Crippen molar-refractivity contribution in [3.05, 3.63) is 108 Å². The number of rotatable bonds is 4. The smallest absolute Gasteiger partial charge is 0.138 e. The summed E-state index contributed by atoms with van der Waals surface area (Å²) in [6.45, 7) is 0. The average molecular weight is 313 g/mol. The van der Waals surface area contributed by atoms with Gasteiger partial charge in [0.15, 0.2) is 0 Å². The molecule has 3 aromatic rings. The van der Waals surface area contributed by atoms with E-state index in [1.807, 2.05) is 66.7 Å². The fourth-order valence-electron chi connectivity index (χ4n) is 2.53. The van der Waals surface area contributed by atoms with Crippen molar-refractivity contribution in [2.24, 2.45) is 0 Å². The number of benzene rings is 3. The number of nitriles is 1. The van der Waals surface area contributed by atoms with Gasteiger partial charge in [-0.05, 0) is 28.5 Å². The monoisotopic (exact) mass is 313 g/mol. The van der Waals surface area contributed by atoms with Crippen LogP contribution < -0.4 is 0 Å². The number of hydrogen-bond acceptors (Lipinski definition) is 2. The Labute approximate surface area is 140 Å². The molecule has 0 saturated carbocycles. The Morgan fingerprint density at radius 3 is 1.39 bits per heavy atom. The van der Waals surface area contributed by atoms with Crippen LogP contribution in [0.25, 0.3) is 10.5 Å². The fourth-order valence-corrected chi connectivity index (χ4v) is 3.21. The molecular formula is C21H15NS. The summed E-state index contributed by atoms with van der Waals surface area (Å²) in [5.74, 6) is 0. The Bertz CT molecular complexity index is 790. The molecule has 1 nitrogen and oxygen atoms in total. The first-order chi connectivity index (χ1) is 11.4. The van der Waals surface area contributed by atoms with Crippen LogP contribution in [0.5, 0.6) is 0 Å². The van der Waals surface area contributed by atoms with Crippen molar-refractivity contribution in [2.75, 3.05) is 0 Å². The number of hydrogen-bond donors (Lipinski definition) is 0. The third-order valence-corrected chi connectivity index (χ3v) is 4.27. The van der Waals surface area contributed by atoms with Crippen molar-refractivity contribution in [3.8, 4) is 5.40 Å². The molecule has 0 aromatic heterocycles. The summed E-state index contributed by atoms with van der Waals surface area (Å²) in [6, 6.07) is 30.5. The summed E-state index contributed by atoms with van der Waals surface area (Å²) < 4.78 is 0. The van der Waals surface area contributed by atoms with Crippen LogP contribution in [-0.2, 0) is 0 Å². The predicted molar refractivity (Wildman–Crippen MR) is 98.4 cm³/mol. The third kappa shape index (κ3) is 3.53. The molecule has 0 unspecified atom stereocenters. The third-order valence-electron chi connectivity index (χ3n) is 3.54. The molecule has 0 aliphatic rings. The van der Waals surface area contributed by atoms with E-state index in [1.165, 1.54) is 11.8 Å². The summed E-state index contributed by atoms with van der Waals surface area (Å²) in [4.78, 5) is 0.977. The molecule has 3 rings (SSSR count). The highest BCUT2D eigenvalue weighted by molar-refractivity contribution is 8.12. The van der Waals surface area contributed by atoms with Gasteiger partial charge in [0, 0.05) is 10.5 Å². The standard InChI is InChI=1S/C21H15NS/c22-16-23-21(19-14-8-3-9-15-19)20(17-10-4-1-5-11-17)18-12-6-2-7-13-18/h1-15H. The van der Waals surface area contributed by atoms with Crippen molar-refractivity contribution in [1.82, 2.24) is 0 Å². The van der Waals surface area contributed by atoms with Crippen molar-refractivity contribution >= 4 is 22.2 Å². The van der Waals surface area contributed by atoms with E-state index in [4.69, 9.17) is 0 Å². The molecule has 110 valence electrons. The van der Waals surface area contributed by atoms with Gasteiger partial charge in [0.25, 0.3) is 0 Å². The Hall–Kier alpha value is -2.76. The lowest BCUT2D eigenvalue weighted by Gasteiger charge is -2.14. The first kappa shape index (κ1) is 15.1. The Kier molecular flexibility index (Phi) is 4.93. The second-order valence-electron chi connectivity index (χ2n) is 5.00. The molecule has 0 spiro atoms. The summed E-state index contributed by atoms with van der Waals surface area (Å²) in [5, 5.41) is 11.6. The van der Waals surface area contributed by atoms with Gasteiger partial charge in [-0.25, -0.2) is 0 Å². The number of thioether (sulfide) groups is 1. The summed E-state index contributed by atoms with van der Waals surface area (Å²) >= 11 is 1.21. The molecule has 0 fully saturated rings. The summed E-state index contributed by atoms with van der Waals surface area (Å²) in [7, 11) is 0. The second kappa shape index (κ2) is 7.49. The molecule has 0 aliphatic heterocycles. The minimum absolute atomic E-state index is 0.977. The van der Waals surface area contributed by atoms with Gasteiger partial charge >= 0.3 is 0 Å². The molecule has 2 heteroatoms. The Morgan fingerprint density at radius 2 is 1.00 bits per heavy atom. The molecule has 0 radical (unpaired) electrons. The van der Waals surface area contributed by atoms with Crippen LogP contribution in [0.3, 0.4) is 0 Å². The zero-order chi connectivity index (χ0) is 15.9. The zero-order valence-electron chi connectivity index (χ0n) is 12.5. The molecule has 0 bridgehead atoms. The van der Waals surface area contributed by atoms with E-state index in [0.29, 0.717) is 0 Å². The largest absolute Gasteiger partial charge is 0.185 e. The quantitative estimate of drug-likeness (QED) is 0.448. The molecule has 0 amide bonds. The minimum Gasteiger partial charge on any atom is -0.185 e. The molecule has 0 saturated heterocycles. The lowest BCUT2D eigenvalue weighted by Crippen LogP contribution is -1.92. The highest BCUT2D eigenvalue weighted by atomic mass is 32.2. The Balaban J connectivity index is 2.29. The Morgan fingerprint density at radius 1 is 0.609 bits per heavy atom. The lowest BCUT2D eigenvalue weighted by atomic mass is 9.95. The van der Waals surface area contributed by atoms with Crippen LogP contribution in [0.2, 0.25) is 0 Å². The average Bonchev–Trinajstić information content (AvgIpc) is 2.64. The van der Waals surface area contributed by atoms with Gasteiger partial charge in [0.05, 0.1) is 0 Å². The maximum Gasteiger partial charge on any atom is 0.138 e. The van der Waals surface area contributed by atoms with Gasteiger partial charge in [-0.2, -0.15) is 5.26 Å². The van der Waals surface area contributed by atoms with E-state index in [9.17, 15) is 5.26 Å². The van der Waals surface area contributed by atoms with Gasteiger partial charge < -0.3 is 0 Å². The first-order valence-electron chi connectivity index (χ1n) is 7.36. The van der Waals surface area contributed by atoms with Crippen LogP contribution >= 0.6 is 11.8 Å². The molecule has 3 aromatic carbocycles. The van der Waals surface area contributed by atoms with Crippen LogP contribution in [0.1, 0.15) is 16.7 Å². The highest BCUT2D eigenvalue weighted by Crippen LogP contribution is 2.38. The van der Waals surface area contributed by atoms with Crippen molar-refractivity contribution in [2.45, 2.75) is 0 Å². The van der Waals surface area contributed by atoms with Gasteiger partial charge in [0.1, 0.15) is 5.40 Å². The normalized spacial score (nSPS) is 9.87. The van der Waals surface area contributed by atoms with E-state index in [2.05, 4.69) is 29.7 Å². The van der Waals surface area contributed by atoms with Gasteiger partial charge in [-0.15, -0.1) is 0 Å².